The number of amides is 1. The number of nitrogens with one attached hydrogen (secondary N) is 2. The van der Waals surface area contributed by atoms with Crippen LogP contribution in [0.25, 0.3) is 0 Å². The van der Waals surface area contributed by atoms with Crippen LogP contribution < -0.4 is 14.8 Å². The van der Waals surface area contributed by atoms with Gasteiger partial charge in [-0.25, -0.2) is 8.42 Å². The van der Waals surface area contributed by atoms with Crippen LogP contribution in [0.3, 0.4) is 0 Å². The van der Waals surface area contributed by atoms with Gasteiger partial charge < -0.3 is 10.1 Å². The van der Waals surface area contributed by atoms with Gasteiger partial charge in [0.15, 0.2) is 6.61 Å². The molecule has 0 atom stereocenters. The lowest BCUT2D eigenvalue weighted by molar-refractivity contribution is -0.118. The van der Waals surface area contributed by atoms with Crippen LogP contribution in [-0.4, -0.2) is 20.9 Å². The van der Waals surface area contributed by atoms with Gasteiger partial charge in [0.1, 0.15) is 5.75 Å². The van der Waals surface area contributed by atoms with Gasteiger partial charge >= 0.3 is 0 Å². The van der Waals surface area contributed by atoms with E-state index in [9.17, 15) is 13.2 Å². The zero-order valence-electron chi connectivity index (χ0n) is 16.2. The smallest absolute Gasteiger partial charge is 0.262 e. The Kier molecular flexibility index (Phi) is 6.19. The van der Waals surface area contributed by atoms with Crippen molar-refractivity contribution in [2.75, 3.05) is 16.6 Å². The van der Waals surface area contributed by atoms with Crippen molar-refractivity contribution in [3.8, 4) is 5.75 Å². The number of ether oxygens (including phenoxy) is 1. The lowest BCUT2D eigenvalue weighted by atomic mass is 10.2. The molecular formula is C22H22N2O4S. The maximum absolute atomic E-state index is 12.5. The van der Waals surface area contributed by atoms with E-state index in [4.69, 9.17) is 4.74 Å². The molecule has 3 rings (SSSR count). The van der Waals surface area contributed by atoms with Crippen molar-refractivity contribution in [1.29, 1.82) is 0 Å². The molecule has 2 N–H and O–H groups in total. The molecule has 6 nitrogen and oxygen atoms in total. The molecule has 0 aliphatic carbocycles. The Morgan fingerprint density at radius 3 is 1.90 bits per heavy atom. The maximum atomic E-state index is 12.5. The third kappa shape index (κ3) is 5.83. The maximum Gasteiger partial charge on any atom is 0.262 e. The number of aryl methyl sites for hydroxylation is 2. The second-order valence-corrected chi connectivity index (χ2v) is 8.33. The van der Waals surface area contributed by atoms with Gasteiger partial charge in [-0.15, -0.1) is 0 Å². The van der Waals surface area contributed by atoms with E-state index >= 15 is 0 Å². The van der Waals surface area contributed by atoms with E-state index in [0.717, 1.165) is 11.1 Å². The Bertz CT molecular complexity index is 1080. The predicted molar refractivity (Wildman–Crippen MR) is 114 cm³/mol. The summed E-state index contributed by atoms with van der Waals surface area (Å²) in [6.07, 6.45) is 0. The molecule has 0 aliphatic rings. The Labute approximate surface area is 170 Å². The first-order valence-electron chi connectivity index (χ1n) is 9.01. The SMILES string of the molecule is Cc1ccc(NS(=O)(=O)c2ccc(NC(=O)COc3ccc(C)cc3)cc2)cc1. The number of benzene rings is 3. The molecule has 7 heteroatoms. The zero-order valence-corrected chi connectivity index (χ0v) is 17.0. The van der Waals surface area contributed by atoms with E-state index < -0.39 is 10.0 Å². The van der Waals surface area contributed by atoms with Crippen molar-refractivity contribution >= 4 is 27.3 Å². The molecule has 0 aliphatic heterocycles. The monoisotopic (exact) mass is 410 g/mol. The van der Waals surface area contributed by atoms with Gasteiger partial charge in [-0.2, -0.15) is 0 Å². The van der Waals surface area contributed by atoms with Crippen LogP contribution in [0.4, 0.5) is 11.4 Å². The predicted octanol–water partition coefficient (Wildman–Crippen LogP) is 4.12. The van der Waals surface area contributed by atoms with Crippen molar-refractivity contribution < 1.29 is 17.9 Å². The summed E-state index contributed by atoms with van der Waals surface area (Å²) in [5, 5.41) is 2.68. The number of sulfonamides is 1. The van der Waals surface area contributed by atoms with Crippen LogP contribution in [0.5, 0.6) is 5.75 Å². The quantitative estimate of drug-likeness (QED) is 0.614. The molecule has 0 spiro atoms. The fraction of sp³-hybridized carbons (Fsp3) is 0.136. The standard InChI is InChI=1S/C22H22N2O4S/c1-16-3-7-19(8-4-16)24-29(26,27)21-13-9-18(10-14-21)23-22(25)15-28-20-11-5-17(2)6-12-20/h3-14,24H,15H2,1-2H3,(H,23,25). The number of hydrogen-bond acceptors (Lipinski definition) is 4. The Hall–Kier alpha value is -3.32. The molecule has 29 heavy (non-hydrogen) atoms. The first-order valence-corrected chi connectivity index (χ1v) is 10.5. The summed E-state index contributed by atoms with van der Waals surface area (Å²) in [5.41, 5.74) is 3.12. The van der Waals surface area contributed by atoms with Gasteiger partial charge in [-0.3, -0.25) is 9.52 Å². The summed E-state index contributed by atoms with van der Waals surface area (Å²) in [7, 11) is -3.71. The summed E-state index contributed by atoms with van der Waals surface area (Å²) >= 11 is 0. The molecule has 3 aromatic carbocycles. The molecule has 0 bridgehead atoms. The van der Waals surface area contributed by atoms with Crippen LogP contribution in [0.15, 0.2) is 77.7 Å². The number of anilines is 2. The highest BCUT2D eigenvalue weighted by atomic mass is 32.2. The number of carbonyl (C=O) groups is 1. The molecular weight excluding hydrogens is 388 g/mol. The molecule has 0 saturated carbocycles. The van der Waals surface area contributed by atoms with Crippen molar-refractivity contribution in [2.45, 2.75) is 18.7 Å². The average Bonchev–Trinajstić information content (AvgIpc) is 2.70. The fourth-order valence-electron chi connectivity index (χ4n) is 2.53. The minimum Gasteiger partial charge on any atom is -0.484 e. The first-order chi connectivity index (χ1) is 13.8. The van der Waals surface area contributed by atoms with Crippen LogP contribution >= 0.6 is 0 Å². The number of hydrogen-bond donors (Lipinski definition) is 2. The highest BCUT2D eigenvalue weighted by Crippen LogP contribution is 2.19. The third-order valence-corrected chi connectivity index (χ3v) is 5.54. The molecule has 0 fully saturated rings. The van der Waals surface area contributed by atoms with E-state index in [1.165, 1.54) is 24.3 Å². The van der Waals surface area contributed by atoms with E-state index in [1.54, 1.807) is 24.3 Å². The van der Waals surface area contributed by atoms with Crippen molar-refractivity contribution in [1.82, 2.24) is 0 Å². The minimum absolute atomic E-state index is 0.104. The molecule has 0 aromatic heterocycles. The number of rotatable bonds is 7. The highest BCUT2D eigenvalue weighted by Gasteiger charge is 2.14. The summed E-state index contributed by atoms with van der Waals surface area (Å²) in [4.78, 5) is 12.1. The summed E-state index contributed by atoms with van der Waals surface area (Å²) in [6, 6.07) is 20.4. The van der Waals surface area contributed by atoms with Crippen LogP contribution in [0.1, 0.15) is 11.1 Å². The molecule has 0 saturated heterocycles. The van der Waals surface area contributed by atoms with Crippen molar-refractivity contribution in [3.05, 3.63) is 83.9 Å². The van der Waals surface area contributed by atoms with Gasteiger partial charge in [-0.1, -0.05) is 35.4 Å². The lowest BCUT2D eigenvalue weighted by Crippen LogP contribution is -2.20. The Balaban J connectivity index is 1.58. The van der Waals surface area contributed by atoms with Crippen LogP contribution in [0.2, 0.25) is 0 Å². The topological polar surface area (TPSA) is 84.5 Å². The molecule has 0 radical (unpaired) electrons. The van der Waals surface area contributed by atoms with E-state index in [-0.39, 0.29) is 17.4 Å². The van der Waals surface area contributed by atoms with Gasteiger partial charge in [0.05, 0.1) is 4.90 Å². The van der Waals surface area contributed by atoms with E-state index in [0.29, 0.717) is 17.1 Å². The van der Waals surface area contributed by atoms with Gasteiger partial charge in [-0.05, 0) is 62.4 Å². The summed E-state index contributed by atoms with van der Waals surface area (Å²) < 4.78 is 32.9. The second kappa shape index (κ2) is 8.79. The minimum atomic E-state index is -3.71. The van der Waals surface area contributed by atoms with Crippen molar-refractivity contribution in [2.24, 2.45) is 0 Å². The Morgan fingerprint density at radius 1 is 0.793 bits per heavy atom. The van der Waals surface area contributed by atoms with E-state index in [1.807, 2.05) is 38.1 Å². The van der Waals surface area contributed by atoms with Gasteiger partial charge in [0.25, 0.3) is 15.9 Å². The molecule has 150 valence electrons. The average molecular weight is 410 g/mol. The Morgan fingerprint density at radius 2 is 1.31 bits per heavy atom. The van der Waals surface area contributed by atoms with E-state index in [2.05, 4.69) is 10.0 Å². The van der Waals surface area contributed by atoms with Gasteiger partial charge in [0.2, 0.25) is 0 Å². The first kappa shape index (κ1) is 20.4. The highest BCUT2D eigenvalue weighted by molar-refractivity contribution is 7.92. The molecule has 3 aromatic rings. The third-order valence-electron chi connectivity index (χ3n) is 4.14. The summed E-state index contributed by atoms with van der Waals surface area (Å²) in [5.74, 6) is 0.272. The lowest BCUT2D eigenvalue weighted by Gasteiger charge is -2.10. The summed E-state index contributed by atoms with van der Waals surface area (Å²) in [6.45, 7) is 3.76. The van der Waals surface area contributed by atoms with Crippen LogP contribution in [-0.2, 0) is 14.8 Å². The van der Waals surface area contributed by atoms with Crippen molar-refractivity contribution in [3.63, 3.8) is 0 Å². The number of carbonyl (C=O) groups excluding carboxylic acids is 1. The second-order valence-electron chi connectivity index (χ2n) is 6.65. The molecule has 0 heterocycles. The normalized spacial score (nSPS) is 11.0. The fourth-order valence-corrected chi connectivity index (χ4v) is 3.59. The molecule has 1 amide bonds. The zero-order chi connectivity index (χ0) is 20.9. The molecule has 0 unspecified atom stereocenters. The van der Waals surface area contributed by atoms with Gasteiger partial charge in [0, 0.05) is 11.4 Å². The largest absolute Gasteiger partial charge is 0.484 e. The van der Waals surface area contributed by atoms with Crippen LogP contribution in [0, 0.1) is 13.8 Å².